The Hall–Kier alpha value is -1.96. The summed E-state index contributed by atoms with van der Waals surface area (Å²) in [5, 5.41) is 3.48. The first kappa shape index (κ1) is 23.7. The third-order valence-corrected chi connectivity index (χ3v) is 6.33. The van der Waals surface area contributed by atoms with Crippen LogP contribution >= 0.6 is 0 Å². The second kappa shape index (κ2) is 11.6. The highest BCUT2D eigenvalue weighted by Crippen LogP contribution is 2.22. The van der Waals surface area contributed by atoms with Gasteiger partial charge in [0.25, 0.3) is 0 Å². The van der Waals surface area contributed by atoms with Gasteiger partial charge in [-0.15, -0.1) is 0 Å². The van der Waals surface area contributed by atoms with Gasteiger partial charge in [0.2, 0.25) is 11.8 Å². The van der Waals surface area contributed by atoms with Crippen LogP contribution in [0.25, 0.3) is 0 Å². The Kier molecular flexibility index (Phi) is 8.87. The molecular weight excluding hydrogens is 392 g/mol. The summed E-state index contributed by atoms with van der Waals surface area (Å²) in [5.74, 6) is 0.692. The number of benzene rings is 1. The fourth-order valence-electron chi connectivity index (χ4n) is 4.27. The molecule has 2 fully saturated rings. The van der Waals surface area contributed by atoms with Crippen molar-refractivity contribution in [3.8, 4) is 0 Å². The molecule has 0 saturated carbocycles. The normalized spacial score (nSPS) is 19.0. The van der Waals surface area contributed by atoms with E-state index in [1.807, 2.05) is 9.80 Å². The average Bonchev–Trinajstić information content (AvgIpc) is 2.80. The van der Waals surface area contributed by atoms with Crippen LogP contribution in [0.1, 0.15) is 37.9 Å². The van der Waals surface area contributed by atoms with Crippen LogP contribution in [-0.4, -0.2) is 92.1 Å². The number of aryl methyl sites for hydroxylation is 1. The second-order valence-electron chi connectivity index (χ2n) is 8.85. The second-order valence-corrected chi connectivity index (χ2v) is 8.85. The first-order valence-corrected chi connectivity index (χ1v) is 11.7. The molecule has 0 radical (unpaired) electrons. The van der Waals surface area contributed by atoms with Crippen LogP contribution in [0.15, 0.2) is 24.3 Å². The van der Waals surface area contributed by atoms with Crippen LogP contribution in [0.5, 0.6) is 0 Å². The molecule has 31 heavy (non-hydrogen) atoms. The number of rotatable bonds is 8. The third kappa shape index (κ3) is 6.76. The lowest BCUT2D eigenvalue weighted by Crippen LogP contribution is -2.54. The Morgan fingerprint density at radius 1 is 0.935 bits per heavy atom. The predicted molar refractivity (Wildman–Crippen MR) is 122 cm³/mol. The van der Waals surface area contributed by atoms with E-state index in [-0.39, 0.29) is 17.9 Å². The average molecular weight is 431 g/mol. The van der Waals surface area contributed by atoms with Gasteiger partial charge in [0.15, 0.2) is 0 Å². The van der Waals surface area contributed by atoms with Gasteiger partial charge < -0.3 is 19.9 Å². The number of amides is 2. The zero-order chi connectivity index (χ0) is 22.2. The number of ether oxygens (including phenoxy) is 1. The first-order valence-electron chi connectivity index (χ1n) is 11.7. The van der Waals surface area contributed by atoms with E-state index in [2.05, 4.69) is 55.3 Å². The molecule has 0 aromatic heterocycles. The van der Waals surface area contributed by atoms with Crippen LogP contribution in [0.4, 0.5) is 0 Å². The Labute approximate surface area is 186 Å². The maximum atomic E-state index is 12.8. The number of hydrogen-bond acceptors (Lipinski definition) is 5. The molecule has 1 N–H and O–H groups in total. The highest BCUT2D eigenvalue weighted by atomic mass is 16.5. The highest BCUT2D eigenvalue weighted by Gasteiger charge is 2.25. The minimum atomic E-state index is 0.134. The monoisotopic (exact) mass is 430 g/mol. The zero-order valence-electron chi connectivity index (χ0n) is 19.3. The van der Waals surface area contributed by atoms with Crippen molar-refractivity contribution in [1.29, 1.82) is 0 Å². The molecule has 1 atom stereocenters. The van der Waals surface area contributed by atoms with Crippen LogP contribution < -0.4 is 5.32 Å². The van der Waals surface area contributed by atoms with Gasteiger partial charge in [0.05, 0.1) is 26.3 Å². The molecule has 1 unspecified atom stereocenters. The Morgan fingerprint density at radius 2 is 1.55 bits per heavy atom. The standard InChI is InChI=1S/C24H38N4O3/c1-4-20-5-7-21(8-6-20)24(19(2)3)25-17-22(29)27-11-9-26(10-12-27)18-23(30)28-13-15-31-16-14-28/h5-8,19,24-25H,4,9-18H2,1-3H3. The van der Waals surface area contributed by atoms with Gasteiger partial charge in [-0.1, -0.05) is 45.0 Å². The van der Waals surface area contributed by atoms with E-state index in [1.54, 1.807) is 0 Å². The van der Waals surface area contributed by atoms with Crippen molar-refractivity contribution in [1.82, 2.24) is 20.0 Å². The van der Waals surface area contributed by atoms with Crippen molar-refractivity contribution in [3.05, 3.63) is 35.4 Å². The van der Waals surface area contributed by atoms with Crippen molar-refractivity contribution in [2.24, 2.45) is 5.92 Å². The lowest BCUT2D eigenvalue weighted by atomic mass is 9.95. The van der Waals surface area contributed by atoms with Gasteiger partial charge in [-0.3, -0.25) is 14.5 Å². The molecule has 2 aliphatic heterocycles. The topological polar surface area (TPSA) is 65.1 Å². The molecule has 1 aromatic carbocycles. The van der Waals surface area contributed by atoms with E-state index in [9.17, 15) is 9.59 Å². The summed E-state index contributed by atoms with van der Waals surface area (Å²) in [7, 11) is 0. The number of piperazine rings is 1. The molecule has 2 amide bonds. The summed E-state index contributed by atoms with van der Waals surface area (Å²) < 4.78 is 5.32. The van der Waals surface area contributed by atoms with E-state index in [4.69, 9.17) is 4.74 Å². The van der Waals surface area contributed by atoms with E-state index < -0.39 is 0 Å². The minimum Gasteiger partial charge on any atom is -0.378 e. The maximum Gasteiger partial charge on any atom is 0.236 e. The fraction of sp³-hybridized carbons (Fsp3) is 0.667. The smallest absolute Gasteiger partial charge is 0.236 e. The minimum absolute atomic E-state index is 0.134. The lowest BCUT2D eigenvalue weighted by Gasteiger charge is -2.36. The number of hydrogen-bond donors (Lipinski definition) is 1. The Morgan fingerprint density at radius 3 is 2.13 bits per heavy atom. The molecule has 2 heterocycles. The van der Waals surface area contributed by atoms with Crippen molar-refractivity contribution < 1.29 is 14.3 Å². The number of nitrogens with one attached hydrogen (secondary N) is 1. The highest BCUT2D eigenvalue weighted by molar-refractivity contribution is 5.79. The molecule has 0 spiro atoms. The van der Waals surface area contributed by atoms with Crippen molar-refractivity contribution in [2.45, 2.75) is 33.2 Å². The van der Waals surface area contributed by atoms with Crippen LogP contribution in [-0.2, 0) is 20.7 Å². The third-order valence-electron chi connectivity index (χ3n) is 6.33. The first-order chi connectivity index (χ1) is 15.0. The summed E-state index contributed by atoms with van der Waals surface area (Å²) in [4.78, 5) is 31.2. The molecule has 0 bridgehead atoms. The van der Waals surface area contributed by atoms with Gasteiger partial charge in [0.1, 0.15) is 0 Å². The molecular formula is C24H38N4O3. The molecule has 1 aromatic rings. The largest absolute Gasteiger partial charge is 0.378 e. The summed E-state index contributed by atoms with van der Waals surface area (Å²) in [6.45, 7) is 12.7. The van der Waals surface area contributed by atoms with Crippen molar-refractivity contribution in [3.63, 3.8) is 0 Å². The summed E-state index contributed by atoms with van der Waals surface area (Å²) in [6.07, 6.45) is 1.03. The van der Waals surface area contributed by atoms with Crippen molar-refractivity contribution >= 4 is 11.8 Å². The SMILES string of the molecule is CCc1ccc(C(NCC(=O)N2CCN(CC(=O)N3CCOCC3)CC2)C(C)C)cc1. The van der Waals surface area contributed by atoms with E-state index >= 15 is 0 Å². The Bertz CT molecular complexity index is 708. The number of carbonyl (C=O) groups is 2. The van der Waals surface area contributed by atoms with Gasteiger partial charge in [-0.2, -0.15) is 0 Å². The number of nitrogens with zero attached hydrogens (tertiary/aromatic N) is 3. The zero-order valence-corrected chi connectivity index (χ0v) is 19.3. The lowest BCUT2D eigenvalue weighted by molar-refractivity contribution is -0.137. The van der Waals surface area contributed by atoms with E-state index in [0.29, 0.717) is 58.4 Å². The predicted octanol–water partition coefficient (Wildman–Crippen LogP) is 1.54. The molecule has 7 heteroatoms. The quantitative estimate of drug-likeness (QED) is 0.678. The maximum absolute atomic E-state index is 12.8. The molecule has 0 aliphatic carbocycles. The van der Waals surface area contributed by atoms with Gasteiger partial charge >= 0.3 is 0 Å². The van der Waals surface area contributed by atoms with Crippen molar-refractivity contribution in [2.75, 3.05) is 65.6 Å². The fourth-order valence-corrected chi connectivity index (χ4v) is 4.27. The Balaban J connectivity index is 1.43. The van der Waals surface area contributed by atoms with Crippen LogP contribution in [0.2, 0.25) is 0 Å². The summed E-state index contributed by atoms with van der Waals surface area (Å²) in [6, 6.07) is 8.84. The molecule has 172 valence electrons. The molecule has 3 rings (SSSR count). The molecule has 2 aliphatic rings. The number of morpholine rings is 1. The number of carbonyl (C=O) groups excluding carboxylic acids is 2. The van der Waals surface area contributed by atoms with Gasteiger partial charge in [-0.05, 0) is 23.5 Å². The van der Waals surface area contributed by atoms with E-state index in [0.717, 1.165) is 19.5 Å². The van der Waals surface area contributed by atoms with Gasteiger partial charge in [0, 0.05) is 45.3 Å². The summed E-state index contributed by atoms with van der Waals surface area (Å²) >= 11 is 0. The van der Waals surface area contributed by atoms with E-state index in [1.165, 1.54) is 11.1 Å². The van der Waals surface area contributed by atoms with Gasteiger partial charge in [-0.25, -0.2) is 0 Å². The van der Waals surface area contributed by atoms with Crippen LogP contribution in [0.3, 0.4) is 0 Å². The molecule has 2 saturated heterocycles. The van der Waals surface area contributed by atoms with Crippen LogP contribution in [0, 0.1) is 5.92 Å². The molecule has 7 nitrogen and oxygen atoms in total. The summed E-state index contributed by atoms with van der Waals surface area (Å²) in [5.41, 5.74) is 2.55.